The zero-order valence-corrected chi connectivity index (χ0v) is 15.8. The van der Waals surface area contributed by atoms with Crippen molar-refractivity contribution in [1.29, 1.82) is 0 Å². The number of likely N-dealkylation sites (tertiary alicyclic amines) is 1. The van der Waals surface area contributed by atoms with Gasteiger partial charge in [-0.1, -0.05) is 11.6 Å². The Morgan fingerprint density at radius 2 is 1.86 bits per heavy atom. The predicted octanol–water partition coefficient (Wildman–Crippen LogP) is 1.65. The van der Waals surface area contributed by atoms with Gasteiger partial charge < -0.3 is 14.9 Å². The summed E-state index contributed by atoms with van der Waals surface area (Å²) in [6.07, 6.45) is 2.06. The van der Waals surface area contributed by atoms with E-state index in [-0.39, 0.29) is 27.4 Å². The topological polar surface area (TPSA) is 108 Å². The fourth-order valence-electron chi connectivity index (χ4n) is 3.62. The lowest BCUT2D eigenvalue weighted by atomic mass is 10.0. The van der Waals surface area contributed by atoms with E-state index in [0.717, 1.165) is 10.6 Å². The minimum atomic E-state index is -0.564. The quantitative estimate of drug-likeness (QED) is 0.659. The molecule has 8 nitrogen and oxygen atoms in total. The molecule has 0 unspecified atom stereocenters. The van der Waals surface area contributed by atoms with E-state index < -0.39 is 28.7 Å². The average molecular weight is 419 g/mol. The molecule has 0 saturated carbocycles. The molecule has 0 spiro atoms. The molecule has 29 heavy (non-hydrogen) atoms. The predicted molar refractivity (Wildman–Crippen MR) is 105 cm³/mol. The van der Waals surface area contributed by atoms with Crippen LogP contribution in [0.5, 0.6) is 0 Å². The standard InChI is InChI=1S/C19H16ClFN4O4/c20-14-7-10(9-22-16(14)26)17(27)24-5-3-12(4-6-24)25-18(28)13-8-11(21)1-2-15(13)23-19(25)29/h1-2,7-9,12H,3-6H2,(H,22,26)(H,23,29). The minimum absolute atomic E-state index is 0.0767. The highest BCUT2D eigenvalue weighted by Crippen LogP contribution is 2.22. The first-order valence-corrected chi connectivity index (χ1v) is 9.34. The molecule has 1 aromatic carbocycles. The van der Waals surface area contributed by atoms with Gasteiger partial charge in [0.1, 0.15) is 10.8 Å². The van der Waals surface area contributed by atoms with Gasteiger partial charge in [-0.3, -0.25) is 19.0 Å². The van der Waals surface area contributed by atoms with E-state index in [0.29, 0.717) is 25.9 Å². The van der Waals surface area contributed by atoms with Gasteiger partial charge in [-0.25, -0.2) is 9.18 Å². The molecule has 2 N–H and O–H groups in total. The van der Waals surface area contributed by atoms with Gasteiger partial charge in [0, 0.05) is 25.3 Å². The van der Waals surface area contributed by atoms with Crippen LogP contribution in [0.3, 0.4) is 0 Å². The number of carbonyl (C=O) groups is 1. The van der Waals surface area contributed by atoms with Crippen LogP contribution in [-0.2, 0) is 0 Å². The molecule has 0 atom stereocenters. The normalized spacial score (nSPS) is 15.0. The summed E-state index contributed by atoms with van der Waals surface area (Å²) in [6.45, 7) is 0.626. The molecule has 150 valence electrons. The number of amides is 1. The van der Waals surface area contributed by atoms with Crippen LogP contribution in [0.25, 0.3) is 10.9 Å². The van der Waals surface area contributed by atoms with Gasteiger partial charge in [-0.2, -0.15) is 0 Å². The highest BCUT2D eigenvalue weighted by Gasteiger charge is 2.27. The van der Waals surface area contributed by atoms with Gasteiger partial charge in [0.15, 0.2) is 0 Å². The maximum Gasteiger partial charge on any atom is 0.329 e. The smallest absolute Gasteiger partial charge is 0.329 e. The van der Waals surface area contributed by atoms with Crippen molar-refractivity contribution in [3.63, 3.8) is 0 Å². The number of halogens is 2. The summed E-state index contributed by atoms with van der Waals surface area (Å²) in [4.78, 5) is 55.7. The molecule has 0 radical (unpaired) electrons. The lowest BCUT2D eigenvalue weighted by Crippen LogP contribution is -2.45. The summed E-state index contributed by atoms with van der Waals surface area (Å²) in [5, 5.41) is 0.0261. The van der Waals surface area contributed by atoms with Crippen LogP contribution >= 0.6 is 11.6 Å². The molecule has 0 aliphatic carbocycles. The van der Waals surface area contributed by atoms with Crippen LogP contribution in [-0.4, -0.2) is 38.4 Å². The van der Waals surface area contributed by atoms with Crippen molar-refractivity contribution in [3.8, 4) is 0 Å². The summed E-state index contributed by atoms with van der Waals surface area (Å²) in [7, 11) is 0. The second-order valence-corrected chi connectivity index (χ2v) is 7.29. The van der Waals surface area contributed by atoms with Crippen molar-refractivity contribution in [2.24, 2.45) is 0 Å². The van der Waals surface area contributed by atoms with Gasteiger partial charge in [-0.05, 0) is 37.1 Å². The Morgan fingerprint density at radius 1 is 1.14 bits per heavy atom. The number of pyridine rings is 1. The average Bonchev–Trinajstić information content (AvgIpc) is 2.71. The first kappa shape index (κ1) is 19.1. The largest absolute Gasteiger partial charge is 0.338 e. The lowest BCUT2D eigenvalue weighted by Gasteiger charge is -2.32. The fourth-order valence-corrected chi connectivity index (χ4v) is 3.79. The number of hydrogen-bond donors (Lipinski definition) is 2. The Bertz CT molecular complexity index is 1290. The van der Waals surface area contributed by atoms with E-state index in [4.69, 9.17) is 11.6 Å². The Morgan fingerprint density at radius 3 is 2.55 bits per heavy atom. The van der Waals surface area contributed by atoms with Gasteiger partial charge >= 0.3 is 5.69 Å². The van der Waals surface area contributed by atoms with E-state index in [1.807, 2.05) is 0 Å². The van der Waals surface area contributed by atoms with E-state index in [9.17, 15) is 23.6 Å². The third-order valence-corrected chi connectivity index (χ3v) is 5.39. The van der Waals surface area contributed by atoms with Crippen molar-refractivity contribution in [3.05, 3.63) is 78.1 Å². The van der Waals surface area contributed by atoms with Crippen molar-refractivity contribution in [2.75, 3.05) is 13.1 Å². The number of rotatable bonds is 2. The summed E-state index contributed by atoms with van der Waals surface area (Å²) < 4.78 is 14.6. The number of aromatic nitrogens is 3. The molecule has 1 saturated heterocycles. The molecule has 1 fully saturated rings. The Hall–Kier alpha value is -3.20. The van der Waals surface area contributed by atoms with Crippen molar-refractivity contribution >= 4 is 28.4 Å². The highest BCUT2D eigenvalue weighted by molar-refractivity contribution is 6.30. The first-order valence-electron chi connectivity index (χ1n) is 8.97. The van der Waals surface area contributed by atoms with E-state index in [1.54, 1.807) is 4.90 Å². The molecular weight excluding hydrogens is 403 g/mol. The molecule has 0 bridgehead atoms. The van der Waals surface area contributed by atoms with Crippen LogP contribution in [0.15, 0.2) is 44.8 Å². The number of aromatic amines is 2. The monoisotopic (exact) mass is 418 g/mol. The molecule has 4 rings (SSSR count). The summed E-state index contributed by atoms with van der Waals surface area (Å²) in [6, 6.07) is 4.52. The molecule has 2 aromatic heterocycles. The summed E-state index contributed by atoms with van der Waals surface area (Å²) >= 11 is 5.78. The van der Waals surface area contributed by atoms with E-state index in [2.05, 4.69) is 9.97 Å². The summed E-state index contributed by atoms with van der Waals surface area (Å²) in [5.74, 6) is -0.864. The molecule has 3 aromatic rings. The number of fused-ring (bicyclic) bond motifs is 1. The Balaban J connectivity index is 1.58. The molecule has 1 aliphatic heterocycles. The second-order valence-electron chi connectivity index (χ2n) is 6.88. The van der Waals surface area contributed by atoms with Gasteiger partial charge in [0.25, 0.3) is 17.0 Å². The zero-order valence-electron chi connectivity index (χ0n) is 15.1. The van der Waals surface area contributed by atoms with Crippen molar-refractivity contribution in [2.45, 2.75) is 18.9 Å². The second kappa shape index (κ2) is 7.32. The number of carbonyl (C=O) groups excluding carboxylic acids is 1. The molecule has 1 aliphatic rings. The van der Waals surface area contributed by atoms with Crippen LogP contribution in [0.4, 0.5) is 4.39 Å². The first-order chi connectivity index (χ1) is 13.8. The molecular formula is C19H16ClFN4O4. The van der Waals surface area contributed by atoms with Gasteiger partial charge in [-0.15, -0.1) is 0 Å². The van der Waals surface area contributed by atoms with Crippen LogP contribution < -0.4 is 16.8 Å². The maximum absolute atomic E-state index is 13.5. The van der Waals surface area contributed by atoms with Crippen LogP contribution in [0.1, 0.15) is 29.2 Å². The Labute approximate surface area is 167 Å². The third-order valence-electron chi connectivity index (χ3n) is 5.11. The van der Waals surface area contributed by atoms with E-state index in [1.165, 1.54) is 24.4 Å². The number of piperidine rings is 1. The molecule has 3 heterocycles. The number of benzene rings is 1. The minimum Gasteiger partial charge on any atom is -0.338 e. The van der Waals surface area contributed by atoms with Crippen molar-refractivity contribution < 1.29 is 9.18 Å². The van der Waals surface area contributed by atoms with Gasteiger partial charge in [0.05, 0.1) is 16.5 Å². The third kappa shape index (κ3) is 3.49. The number of hydrogen-bond acceptors (Lipinski definition) is 4. The van der Waals surface area contributed by atoms with Gasteiger partial charge in [0.2, 0.25) is 0 Å². The number of H-pyrrole nitrogens is 2. The fraction of sp³-hybridized carbons (Fsp3) is 0.263. The SMILES string of the molecule is O=C(c1c[nH]c(=O)c(Cl)c1)N1CCC(n2c(=O)[nH]c3ccc(F)cc3c2=O)CC1. The zero-order chi connectivity index (χ0) is 20.7. The number of nitrogens with one attached hydrogen (secondary N) is 2. The maximum atomic E-state index is 13.5. The summed E-state index contributed by atoms with van der Waals surface area (Å²) in [5.41, 5.74) is -1.07. The van der Waals surface area contributed by atoms with Crippen LogP contribution in [0.2, 0.25) is 5.02 Å². The lowest BCUT2D eigenvalue weighted by molar-refractivity contribution is 0.0691. The van der Waals surface area contributed by atoms with E-state index >= 15 is 0 Å². The van der Waals surface area contributed by atoms with Crippen molar-refractivity contribution in [1.82, 2.24) is 19.4 Å². The molecule has 1 amide bonds. The molecule has 10 heteroatoms. The Kier molecular flexibility index (Phi) is 4.83. The highest BCUT2D eigenvalue weighted by atomic mass is 35.5. The van der Waals surface area contributed by atoms with Crippen LogP contribution in [0, 0.1) is 5.82 Å². The number of nitrogens with zero attached hydrogens (tertiary/aromatic N) is 2.